The van der Waals surface area contributed by atoms with E-state index in [2.05, 4.69) is 62.3 Å². The van der Waals surface area contributed by atoms with Crippen molar-refractivity contribution in [3.05, 3.63) is 0 Å². The van der Waals surface area contributed by atoms with E-state index >= 15 is 0 Å². The molecule has 0 amide bonds. The van der Waals surface area contributed by atoms with Crippen LogP contribution in [0.2, 0.25) is 45.8 Å². The molecule has 0 fully saturated rings. The molecule has 0 aromatic carbocycles. The van der Waals surface area contributed by atoms with Gasteiger partial charge in [0.15, 0.2) is 0 Å². The van der Waals surface area contributed by atoms with Crippen LogP contribution in [0.1, 0.15) is 640 Å². The zero-order chi connectivity index (χ0) is 83.8. The van der Waals surface area contributed by atoms with Gasteiger partial charge in [-0.25, -0.2) is 0 Å². The van der Waals surface area contributed by atoms with Gasteiger partial charge >= 0.3 is 705 Å². The predicted molar refractivity (Wildman–Crippen MR) is 530 cm³/mol. The van der Waals surface area contributed by atoms with Gasteiger partial charge in [0.25, 0.3) is 0 Å². The first kappa shape index (κ1) is 117. The van der Waals surface area contributed by atoms with E-state index in [4.69, 9.17) is 17.5 Å². The average molecular weight is 1630 g/mol. The first-order valence-electron chi connectivity index (χ1n) is 58.4. The molecule has 2 N–H and O–H groups in total. The fraction of sp³-hybridized carbons (Fsp3) is 1.00. The second-order valence-electron chi connectivity index (χ2n) is 56.1. The van der Waals surface area contributed by atoms with Crippen LogP contribution in [0.25, 0.3) is 0 Å². The molecule has 4 nitrogen and oxygen atoms in total. The predicted octanol–water partition coefficient (Wildman–Crippen LogP) is 42.8. The molecule has 0 aromatic heterocycles. The summed E-state index contributed by atoms with van der Waals surface area (Å²) < 4.78 is 31.6. The van der Waals surface area contributed by atoms with E-state index in [1.807, 2.05) is 0 Å². The minimum Gasteiger partial charge on any atom is -0.264 e. The zero-order valence-corrected chi connectivity index (χ0v) is 82.9. The van der Waals surface area contributed by atoms with Crippen LogP contribution in [0.3, 0.4) is 0 Å². The molecule has 0 atom stereocenters. The third-order valence-electron chi connectivity index (χ3n) is 49.8. The van der Waals surface area contributed by atoms with E-state index in [0.717, 1.165) is 0 Å². The topological polar surface area (TPSA) is 74.6 Å². The maximum absolute atomic E-state index is 8.74. The molecule has 0 spiro atoms. The Labute approximate surface area is 717 Å². The van der Waals surface area contributed by atoms with Crippen molar-refractivity contribution in [3.63, 3.8) is 0 Å². The number of unbranched alkanes of at least 4 members (excludes halogenated alkanes) is 81. The Hall–Kier alpha value is 0.467. The Bertz CT molecular complexity index is 1680. The second-order valence-corrected chi connectivity index (χ2v) is 57.0. The molecular formula is C108H227LiO4S. The van der Waals surface area contributed by atoms with Gasteiger partial charge in [-0.15, -0.1) is 0 Å². The number of hydrogen-bond acceptors (Lipinski definition) is 2. The van der Waals surface area contributed by atoms with Crippen LogP contribution in [-0.2, 0) is 10.4 Å². The quantitative estimate of drug-likeness (QED) is 0.0362. The third kappa shape index (κ3) is 52.9. The van der Waals surface area contributed by atoms with E-state index in [9.17, 15) is 0 Å². The van der Waals surface area contributed by atoms with Gasteiger partial charge in [-0.2, -0.15) is 8.42 Å². The number of hydrogen-bond donors (Lipinski definition) is 2. The summed E-state index contributed by atoms with van der Waals surface area (Å²) in [5.74, 6) is 0. The fourth-order valence-electron chi connectivity index (χ4n) is 42.6. The molecule has 0 aliphatic heterocycles. The smallest absolute Gasteiger partial charge is 0.264 e. The molecule has 0 saturated heterocycles. The summed E-state index contributed by atoms with van der Waals surface area (Å²) in [4.78, 5) is 0. The van der Waals surface area contributed by atoms with E-state index in [0.29, 0.717) is 0 Å². The Balaban J connectivity index is 0. The second kappa shape index (κ2) is 71.7. The molecule has 0 radical (unpaired) electrons. The first-order chi connectivity index (χ1) is 55.5. The Morgan fingerprint density at radius 1 is 0.123 bits per heavy atom. The van der Waals surface area contributed by atoms with Crippen LogP contribution >= 0.6 is 0 Å². The first-order valence-corrected chi connectivity index (χ1v) is 59.8. The van der Waals surface area contributed by atoms with Crippen LogP contribution in [0.4, 0.5) is 0 Å². The van der Waals surface area contributed by atoms with Crippen LogP contribution < -0.4 is 0 Å². The fourth-order valence-corrected chi connectivity index (χ4v) is 42.6. The SMILES string of the molecule is CCCCCCCCCCC[CH2][Li]([CH2]CCCCCCCCCCC)([CH2]CCCCCCCCCCC)([CH2]CCCCCCCCCCC)([CH2]CCCCCCCCCCC)([CH2]CCCCCCCCCCC)([CH2]CCCCCCCCCCC)([CH2]CCCCCCCCCCC)[CH2]CCCCCCCCCCC.O=S(=O)(O)O. The van der Waals surface area contributed by atoms with Crippen LogP contribution in [0.5, 0.6) is 0 Å². The molecule has 0 rings (SSSR count). The third-order valence-corrected chi connectivity index (χ3v) is 49.8. The Morgan fingerprint density at radius 3 is 0.237 bits per heavy atom. The molecular weight excluding hydrogens is 1400 g/mol. The Morgan fingerprint density at radius 2 is 0.175 bits per heavy atom. The van der Waals surface area contributed by atoms with Crippen molar-refractivity contribution in [1.82, 2.24) is 0 Å². The number of rotatable bonds is 99. The van der Waals surface area contributed by atoms with Gasteiger partial charge in [-0.3, -0.25) is 9.11 Å². The minimum absolute atomic E-state index is 1.38. The molecule has 0 bridgehead atoms. The average Bonchev–Trinajstić information content (AvgIpc) is 0.528. The van der Waals surface area contributed by atoms with Gasteiger partial charge in [0.2, 0.25) is 0 Å². The standard InChI is InChI=1S/9C12H25.Li.H2O4S/c9*1-3-5-7-9-11-12-10-8-6-4-2;;1-5(2,3)4/h9*1,3-12H2,2H3;;(H2,1,2,3,4). The molecule has 0 heterocycles. The van der Waals surface area contributed by atoms with Gasteiger partial charge in [-0.1, -0.05) is 0 Å². The molecule has 690 valence electrons. The molecule has 6 heteroatoms. The minimum atomic E-state index is -6.37. The summed E-state index contributed by atoms with van der Waals surface area (Å²) in [6.45, 7) is 21.8. The van der Waals surface area contributed by atoms with Crippen molar-refractivity contribution < 1.29 is 17.5 Å². The van der Waals surface area contributed by atoms with Crippen molar-refractivity contribution in [2.24, 2.45) is 0 Å². The van der Waals surface area contributed by atoms with E-state index in [-0.39, 0.29) is 0 Å². The van der Waals surface area contributed by atoms with Gasteiger partial charge < -0.3 is 0 Å². The van der Waals surface area contributed by atoms with Crippen LogP contribution in [0.15, 0.2) is 0 Å². The van der Waals surface area contributed by atoms with Gasteiger partial charge in [0.1, 0.15) is 0 Å². The normalized spacial score (nSPS) is 14.0. The molecule has 0 saturated carbocycles. The Kier molecular flexibility index (Phi) is 73.3. The monoisotopic (exact) mass is 1630 g/mol. The van der Waals surface area contributed by atoms with Crippen molar-refractivity contribution in [1.29, 1.82) is 0 Å². The van der Waals surface area contributed by atoms with E-state index < -0.39 is 18.9 Å². The summed E-state index contributed by atoms with van der Waals surface area (Å²) in [6, 6.07) is 0. The van der Waals surface area contributed by atoms with Gasteiger partial charge in [0, 0.05) is 0 Å². The summed E-state index contributed by atoms with van der Waals surface area (Å²) in [6.07, 6.45) is 135. The summed E-state index contributed by atoms with van der Waals surface area (Å²) in [7, 11) is -11.0. The molecule has 114 heavy (non-hydrogen) atoms. The molecule has 0 aliphatic rings. The van der Waals surface area contributed by atoms with Gasteiger partial charge in [0.05, 0.1) is 0 Å². The summed E-state index contributed by atoms with van der Waals surface area (Å²) in [5, 5.41) is 16.2. The van der Waals surface area contributed by atoms with Crippen molar-refractivity contribution in [2.75, 3.05) is 0 Å². The van der Waals surface area contributed by atoms with Crippen molar-refractivity contribution in [3.8, 4) is 0 Å². The molecule has 0 aliphatic carbocycles. The summed E-state index contributed by atoms with van der Waals surface area (Å²) in [5.41, 5.74) is 0. The molecule has 0 aromatic rings. The van der Waals surface area contributed by atoms with E-state index in [1.54, 1.807) is 161 Å². The van der Waals surface area contributed by atoms with Crippen LogP contribution in [0, 0.1) is 0 Å². The zero-order valence-electron chi connectivity index (χ0n) is 82.1. The van der Waals surface area contributed by atoms with Gasteiger partial charge in [-0.05, 0) is 0 Å². The summed E-state index contributed by atoms with van der Waals surface area (Å²) >= 11 is 0. The van der Waals surface area contributed by atoms with E-state index in [1.165, 1.54) is 462 Å². The molecule has 0 unspecified atom stereocenters. The van der Waals surface area contributed by atoms with Crippen molar-refractivity contribution in [2.45, 2.75) is 686 Å². The van der Waals surface area contributed by atoms with Crippen molar-refractivity contribution >= 4 is 18.9 Å². The van der Waals surface area contributed by atoms with Crippen LogP contribution in [-0.4, -0.2) is 26.1 Å². The maximum atomic E-state index is 8.74.